The van der Waals surface area contributed by atoms with E-state index in [4.69, 9.17) is 11.6 Å². The molecule has 0 aliphatic carbocycles. The summed E-state index contributed by atoms with van der Waals surface area (Å²) in [6.07, 6.45) is 4.16. The molecule has 1 atom stereocenters. The third-order valence-corrected chi connectivity index (χ3v) is 6.94. The van der Waals surface area contributed by atoms with Gasteiger partial charge in [-0.2, -0.15) is 22.7 Å². The van der Waals surface area contributed by atoms with Crippen LogP contribution in [0.15, 0.2) is 47.8 Å². The number of nitrogens with zero attached hydrogens (tertiary/aromatic N) is 5. The Bertz CT molecular complexity index is 1180. The number of halogens is 1. The van der Waals surface area contributed by atoms with Gasteiger partial charge >= 0.3 is 0 Å². The lowest BCUT2D eigenvalue weighted by atomic mass is 9.98. The Morgan fingerprint density at radius 3 is 2.67 bits per heavy atom. The normalized spacial score (nSPS) is 14.7. The first kappa shape index (κ1) is 20.6. The summed E-state index contributed by atoms with van der Waals surface area (Å²) in [5.41, 5.74) is 1.70. The number of hydrogen-bond donors (Lipinski definition) is 1. The maximum absolute atomic E-state index is 13.0. The van der Waals surface area contributed by atoms with Crippen LogP contribution >= 0.6 is 11.6 Å². The Morgan fingerprint density at radius 2 is 2.03 bits per heavy atom. The number of rotatable bonds is 6. The first-order chi connectivity index (χ1) is 14.3. The van der Waals surface area contributed by atoms with Crippen molar-refractivity contribution in [2.24, 2.45) is 0 Å². The number of aliphatic hydroxyl groups excluding tert-OH is 1. The van der Waals surface area contributed by atoms with Crippen molar-refractivity contribution in [2.45, 2.75) is 37.4 Å². The summed E-state index contributed by atoms with van der Waals surface area (Å²) >= 11 is 6.19. The predicted octanol–water partition coefficient (Wildman–Crippen LogP) is 1.61. The van der Waals surface area contributed by atoms with Gasteiger partial charge in [-0.15, -0.1) is 0 Å². The average molecular weight is 450 g/mol. The summed E-state index contributed by atoms with van der Waals surface area (Å²) in [5.74, 6) is -1.08. The third kappa shape index (κ3) is 3.51. The zero-order chi connectivity index (χ0) is 21.5. The van der Waals surface area contributed by atoms with Gasteiger partial charge in [-0.25, -0.2) is 0 Å². The van der Waals surface area contributed by atoms with E-state index in [9.17, 15) is 18.3 Å². The number of aryl methyl sites for hydroxylation is 1. The van der Waals surface area contributed by atoms with Crippen LogP contribution in [0.25, 0.3) is 0 Å². The monoisotopic (exact) mass is 449 g/mol. The average Bonchev–Trinajstić information content (AvgIpc) is 3.44. The van der Waals surface area contributed by atoms with E-state index in [-0.39, 0.29) is 30.5 Å². The zero-order valence-corrected chi connectivity index (χ0v) is 17.7. The minimum absolute atomic E-state index is 0.0533. The van der Waals surface area contributed by atoms with Gasteiger partial charge in [-0.1, -0.05) is 29.8 Å². The van der Waals surface area contributed by atoms with Gasteiger partial charge in [0.05, 0.1) is 31.0 Å². The van der Waals surface area contributed by atoms with Crippen LogP contribution in [0.1, 0.15) is 29.7 Å². The number of aliphatic hydroxyl groups is 1. The Morgan fingerprint density at radius 1 is 1.27 bits per heavy atom. The molecule has 0 unspecified atom stereocenters. The van der Waals surface area contributed by atoms with Crippen LogP contribution in [0.3, 0.4) is 0 Å². The van der Waals surface area contributed by atoms with Gasteiger partial charge in [-0.05, 0) is 18.6 Å². The van der Waals surface area contributed by atoms with E-state index in [1.165, 1.54) is 28.2 Å². The second-order valence-electron chi connectivity index (χ2n) is 6.96. The molecule has 11 heteroatoms. The van der Waals surface area contributed by atoms with Crippen molar-refractivity contribution < 1.29 is 18.3 Å². The van der Waals surface area contributed by atoms with Crippen molar-refractivity contribution in [2.75, 3.05) is 6.61 Å². The minimum atomic E-state index is -3.85. The van der Waals surface area contributed by atoms with Gasteiger partial charge in [0, 0.05) is 36.1 Å². The Kier molecular flexibility index (Phi) is 5.39. The number of benzene rings is 1. The van der Waals surface area contributed by atoms with E-state index in [1.807, 2.05) is 6.92 Å². The number of aromatic nitrogens is 4. The quantitative estimate of drug-likeness (QED) is 0.612. The molecule has 0 fully saturated rings. The molecule has 1 aromatic carbocycles. The molecule has 3 heterocycles. The summed E-state index contributed by atoms with van der Waals surface area (Å²) in [4.78, 5) is 14.6. The van der Waals surface area contributed by atoms with Crippen molar-refractivity contribution in [3.8, 4) is 0 Å². The van der Waals surface area contributed by atoms with Gasteiger partial charge in [0.25, 0.3) is 10.0 Å². The lowest BCUT2D eigenvalue weighted by Gasteiger charge is -2.22. The third-order valence-electron chi connectivity index (χ3n) is 5.11. The van der Waals surface area contributed by atoms with Crippen molar-refractivity contribution in [1.29, 1.82) is 0 Å². The number of hydrogen-bond acceptors (Lipinski definition) is 6. The zero-order valence-electron chi connectivity index (χ0n) is 16.1. The van der Waals surface area contributed by atoms with E-state index >= 15 is 0 Å². The lowest BCUT2D eigenvalue weighted by molar-refractivity contribution is -0.134. The first-order valence-corrected chi connectivity index (χ1v) is 11.2. The molecule has 0 bridgehead atoms. The molecule has 0 spiro atoms. The van der Waals surface area contributed by atoms with Crippen LogP contribution < -0.4 is 0 Å². The maximum Gasteiger partial charge on any atom is 0.286 e. The Balaban J connectivity index is 1.54. The van der Waals surface area contributed by atoms with Gasteiger partial charge in [0.2, 0.25) is 5.91 Å². The summed E-state index contributed by atoms with van der Waals surface area (Å²) in [6, 6.07) is 6.89. The molecule has 30 heavy (non-hydrogen) atoms. The van der Waals surface area contributed by atoms with E-state index in [0.29, 0.717) is 28.4 Å². The largest absolute Gasteiger partial charge is 0.395 e. The Hall–Kier alpha value is -2.69. The van der Waals surface area contributed by atoms with Gasteiger partial charge in [0.1, 0.15) is 4.90 Å². The molecule has 2 aromatic heterocycles. The number of fused-ring (bicyclic) bond motifs is 1. The van der Waals surface area contributed by atoms with Gasteiger partial charge < -0.3 is 10.0 Å². The van der Waals surface area contributed by atoms with E-state index in [2.05, 4.69) is 10.2 Å². The number of carbonyl (C=O) groups excluding carboxylic acids is 1. The SMILES string of the molecule is CCn1cc(S(=O)(=O)n2cc3c(n2)CN(C(=O)[C@H](CO)c2ccccc2Cl)C3)cn1. The topological polar surface area (TPSA) is 110 Å². The summed E-state index contributed by atoms with van der Waals surface area (Å²) in [5, 5.41) is 18.4. The second kappa shape index (κ2) is 7.86. The van der Waals surface area contributed by atoms with Crippen LogP contribution in [-0.4, -0.2) is 49.9 Å². The molecular formula is C19H20ClN5O4S. The molecule has 1 amide bonds. The maximum atomic E-state index is 13.0. The molecule has 3 aromatic rings. The second-order valence-corrected chi connectivity index (χ2v) is 9.16. The molecule has 4 rings (SSSR count). The molecule has 0 radical (unpaired) electrons. The highest BCUT2D eigenvalue weighted by atomic mass is 35.5. The van der Waals surface area contributed by atoms with Crippen LogP contribution in [0.4, 0.5) is 0 Å². The lowest BCUT2D eigenvalue weighted by Crippen LogP contribution is -2.33. The van der Waals surface area contributed by atoms with Gasteiger partial charge in [-0.3, -0.25) is 9.48 Å². The van der Waals surface area contributed by atoms with Crippen LogP contribution in [-0.2, 0) is 34.5 Å². The standard InChI is InChI=1S/C19H20ClN5O4S/c1-2-24-10-14(7-21-24)30(28,29)25-9-13-8-23(11-18(13)22-25)19(27)16(12-26)15-5-3-4-6-17(15)20/h3-7,9-10,16,26H,2,8,11-12H2,1H3/t16-/m1/s1. The fourth-order valence-electron chi connectivity index (χ4n) is 3.45. The summed E-state index contributed by atoms with van der Waals surface area (Å²) in [7, 11) is -3.85. The first-order valence-electron chi connectivity index (χ1n) is 9.34. The van der Waals surface area contributed by atoms with Crippen LogP contribution in [0.5, 0.6) is 0 Å². The minimum Gasteiger partial charge on any atom is -0.395 e. The fraction of sp³-hybridized carbons (Fsp3) is 0.316. The number of amides is 1. The van der Waals surface area contributed by atoms with Crippen molar-refractivity contribution in [1.82, 2.24) is 23.9 Å². The summed E-state index contributed by atoms with van der Waals surface area (Å²) in [6.45, 7) is 2.40. The number of carbonyl (C=O) groups is 1. The van der Waals surface area contributed by atoms with Crippen molar-refractivity contribution in [3.63, 3.8) is 0 Å². The highest BCUT2D eigenvalue weighted by molar-refractivity contribution is 7.89. The molecule has 1 aliphatic rings. The molecule has 0 saturated carbocycles. The van der Waals surface area contributed by atoms with Gasteiger partial charge in [0.15, 0.2) is 0 Å². The molecular weight excluding hydrogens is 430 g/mol. The fourth-order valence-corrected chi connectivity index (χ4v) is 4.84. The summed E-state index contributed by atoms with van der Waals surface area (Å²) < 4.78 is 28.0. The van der Waals surface area contributed by atoms with Crippen LogP contribution in [0.2, 0.25) is 5.02 Å². The predicted molar refractivity (Wildman–Crippen MR) is 108 cm³/mol. The van der Waals surface area contributed by atoms with E-state index < -0.39 is 15.9 Å². The molecule has 1 N–H and O–H groups in total. The molecule has 9 nitrogen and oxygen atoms in total. The van der Waals surface area contributed by atoms with Crippen LogP contribution in [0, 0.1) is 0 Å². The van der Waals surface area contributed by atoms with E-state index in [1.54, 1.807) is 24.3 Å². The highest BCUT2D eigenvalue weighted by Crippen LogP contribution is 2.30. The van der Waals surface area contributed by atoms with Crippen molar-refractivity contribution in [3.05, 3.63) is 64.7 Å². The molecule has 158 valence electrons. The smallest absolute Gasteiger partial charge is 0.286 e. The molecule has 1 aliphatic heterocycles. The Labute approximate surface area is 178 Å². The van der Waals surface area contributed by atoms with Crippen molar-refractivity contribution >= 4 is 27.5 Å². The van der Waals surface area contributed by atoms with E-state index in [0.717, 1.165) is 4.09 Å². The highest BCUT2D eigenvalue weighted by Gasteiger charge is 2.34. The molecule has 0 saturated heterocycles.